The quantitative estimate of drug-likeness (QED) is 0.798. The number of hydrogen-bond acceptors (Lipinski definition) is 5. The number of benzene rings is 1. The molecule has 0 amide bonds. The van der Waals surface area contributed by atoms with Gasteiger partial charge < -0.3 is 14.9 Å². The van der Waals surface area contributed by atoms with Gasteiger partial charge in [0.05, 0.1) is 23.6 Å². The lowest BCUT2D eigenvalue weighted by Crippen LogP contribution is -2.02. The number of phenolic OH excluding ortho intramolecular Hbond substituents is 1. The van der Waals surface area contributed by atoms with E-state index in [9.17, 15) is 9.90 Å². The summed E-state index contributed by atoms with van der Waals surface area (Å²) in [6.45, 7) is 0.0116. The monoisotopic (exact) mass is 259 g/mol. The Bertz CT molecular complexity index is 583. The molecular weight excluding hydrogens is 246 g/mol. The predicted molar refractivity (Wildman–Crippen MR) is 68.0 cm³/mol. The molecule has 5 nitrogen and oxygen atoms in total. The second-order valence-electron chi connectivity index (χ2n) is 3.87. The molecule has 0 saturated heterocycles. The molecule has 0 fully saturated rings. The number of ether oxygens (including phenoxy) is 1. The highest BCUT2D eigenvalue weighted by atomic mass is 16.5. The first-order valence-electron chi connectivity index (χ1n) is 5.70. The highest BCUT2D eigenvalue weighted by Gasteiger charge is 2.08. The Morgan fingerprint density at radius 2 is 1.89 bits per heavy atom. The highest BCUT2D eigenvalue weighted by molar-refractivity contribution is 5.83. The Morgan fingerprint density at radius 3 is 2.63 bits per heavy atom. The summed E-state index contributed by atoms with van der Waals surface area (Å²) in [7, 11) is 0. The molecule has 0 radical (unpaired) electrons. The molecule has 0 spiro atoms. The fraction of sp³-hybridized carbons (Fsp3) is 0.143. The first-order chi connectivity index (χ1) is 9.24. The molecule has 0 aliphatic heterocycles. The molecule has 0 aliphatic carbocycles. The Hall–Kier alpha value is -2.40. The molecule has 1 aromatic heterocycles. The van der Waals surface area contributed by atoms with E-state index in [0.717, 1.165) is 0 Å². The lowest BCUT2D eigenvalue weighted by Gasteiger charge is -2.09. The molecule has 0 atom stereocenters. The van der Waals surface area contributed by atoms with E-state index >= 15 is 0 Å². The molecule has 0 unspecified atom stereocenters. The van der Waals surface area contributed by atoms with Crippen molar-refractivity contribution >= 4 is 6.29 Å². The number of rotatable bonds is 5. The summed E-state index contributed by atoms with van der Waals surface area (Å²) < 4.78 is 5.46. The smallest absolute Gasteiger partial charge is 0.157 e. The van der Waals surface area contributed by atoms with E-state index < -0.39 is 0 Å². The molecule has 98 valence electrons. The standard InChI is InChI=1S/C14H13NO4/c16-7-10-3-1-4-11(15-10)9-19-14-6-2-5-13(18)12(14)8-17/h1-6,8,16,18H,7,9H2. The number of aliphatic hydroxyl groups excluding tert-OH is 1. The minimum atomic E-state index is -0.139. The van der Waals surface area contributed by atoms with Gasteiger partial charge >= 0.3 is 0 Å². The summed E-state index contributed by atoms with van der Waals surface area (Å²) in [4.78, 5) is 15.0. The number of aliphatic hydroxyl groups is 1. The van der Waals surface area contributed by atoms with Crippen molar-refractivity contribution in [3.05, 3.63) is 53.3 Å². The van der Waals surface area contributed by atoms with E-state index in [1.54, 1.807) is 30.3 Å². The topological polar surface area (TPSA) is 79.7 Å². The molecule has 2 rings (SSSR count). The highest BCUT2D eigenvalue weighted by Crippen LogP contribution is 2.25. The van der Waals surface area contributed by atoms with Gasteiger partial charge in [-0.25, -0.2) is 0 Å². The molecule has 1 heterocycles. The average Bonchev–Trinajstić information content (AvgIpc) is 2.45. The Labute approximate surface area is 110 Å². The maximum absolute atomic E-state index is 10.9. The molecule has 5 heteroatoms. The van der Waals surface area contributed by atoms with Gasteiger partial charge in [0.15, 0.2) is 6.29 Å². The van der Waals surface area contributed by atoms with Crippen molar-refractivity contribution in [1.29, 1.82) is 0 Å². The second kappa shape index (κ2) is 5.97. The van der Waals surface area contributed by atoms with Crippen LogP contribution in [0.3, 0.4) is 0 Å². The number of aromatic nitrogens is 1. The minimum Gasteiger partial charge on any atom is -0.507 e. The Balaban J connectivity index is 2.14. The van der Waals surface area contributed by atoms with Crippen LogP contribution in [0, 0.1) is 0 Å². The fourth-order valence-electron chi connectivity index (χ4n) is 1.63. The zero-order valence-electron chi connectivity index (χ0n) is 10.1. The van der Waals surface area contributed by atoms with Gasteiger partial charge in [-0.15, -0.1) is 0 Å². The number of carbonyl (C=O) groups excluding carboxylic acids is 1. The maximum atomic E-state index is 10.9. The molecule has 0 bridgehead atoms. The second-order valence-corrected chi connectivity index (χ2v) is 3.87. The summed E-state index contributed by atoms with van der Waals surface area (Å²) in [5, 5.41) is 18.5. The van der Waals surface area contributed by atoms with Crippen molar-refractivity contribution in [2.75, 3.05) is 0 Å². The first-order valence-corrected chi connectivity index (χ1v) is 5.70. The number of hydrogen-bond donors (Lipinski definition) is 2. The molecule has 2 aromatic rings. The predicted octanol–water partition coefficient (Wildman–Crippen LogP) is 1.67. The van der Waals surface area contributed by atoms with Crippen LogP contribution in [0.25, 0.3) is 0 Å². The first kappa shape index (κ1) is 13.0. The lowest BCUT2D eigenvalue weighted by atomic mass is 10.2. The van der Waals surface area contributed by atoms with Gasteiger partial charge in [-0.05, 0) is 24.3 Å². The third kappa shape index (κ3) is 3.08. The van der Waals surface area contributed by atoms with Gasteiger partial charge in [0, 0.05) is 0 Å². The van der Waals surface area contributed by atoms with Crippen molar-refractivity contribution in [2.24, 2.45) is 0 Å². The zero-order valence-corrected chi connectivity index (χ0v) is 10.1. The van der Waals surface area contributed by atoms with Gasteiger partial charge in [0.2, 0.25) is 0 Å². The Morgan fingerprint density at radius 1 is 1.16 bits per heavy atom. The van der Waals surface area contributed by atoms with E-state index in [-0.39, 0.29) is 24.5 Å². The van der Waals surface area contributed by atoms with Crippen LogP contribution in [0.1, 0.15) is 21.7 Å². The van der Waals surface area contributed by atoms with Crippen molar-refractivity contribution < 1.29 is 19.7 Å². The summed E-state index contributed by atoms with van der Waals surface area (Å²) in [6, 6.07) is 9.83. The normalized spacial score (nSPS) is 10.2. The number of carbonyl (C=O) groups is 1. The fourth-order valence-corrected chi connectivity index (χ4v) is 1.63. The minimum absolute atomic E-state index is 0.112. The SMILES string of the molecule is O=Cc1c(O)cccc1OCc1cccc(CO)n1. The molecule has 0 aliphatic rings. The summed E-state index contributed by atoms with van der Waals surface area (Å²) >= 11 is 0. The van der Waals surface area contributed by atoms with Crippen molar-refractivity contribution in [1.82, 2.24) is 4.98 Å². The van der Waals surface area contributed by atoms with Crippen LogP contribution < -0.4 is 4.74 Å². The van der Waals surface area contributed by atoms with Crippen LogP contribution in [0.5, 0.6) is 11.5 Å². The molecule has 1 aromatic carbocycles. The van der Waals surface area contributed by atoms with Crippen LogP contribution in [0.15, 0.2) is 36.4 Å². The van der Waals surface area contributed by atoms with Crippen molar-refractivity contribution in [3.8, 4) is 11.5 Å². The van der Waals surface area contributed by atoms with Crippen molar-refractivity contribution in [3.63, 3.8) is 0 Å². The van der Waals surface area contributed by atoms with Gasteiger partial charge in [0.25, 0.3) is 0 Å². The maximum Gasteiger partial charge on any atom is 0.157 e. The van der Waals surface area contributed by atoms with Gasteiger partial charge in [0.1, 0.15) is 18.1 Å². The third-order valence-corrected chi connectivity index (χ3v) is 2.56. The summed E-state index contributed by atoms with van der Waals surface area (Å²) in [5.74, 6) is 0.177. The molecule has 19 heavy (non-hydrogen) atoms. The van der Waals surface area contributed by atoms with Gasteiger partial charge in [-0.3, -0.25) is 9.78 Å². The van der Waals surface area contributed by atoms with E-state index in [1.807, 2.05) is 0 Å². The van der Waals surface area contributed by atoms with Crippen LogP contribution in [0.4, 0.5) is 0 Å². The molecular formula is C14H13NO4. The van der Waals surface area contributed by atoms with E-state index in [4.69, 9.17) is 9.84 Å². The van der Waals surface area contributed by atoms with Crippen molar-refractivity contribution in [2.45, 2.75) is 13.2 Å². The number of aldehydes is 1. The summed E-state index contributed by atoms with van der Waals surface area (Å²) in [6.07, 6.45) is 0.544. The molecule has 0 saturated carbocycles. The zero-order chi connectivity index (χ0) is 13.7. The Kier molecular flexibility index (Phi) is 4.10. The number of phenols is 1. The van der Waals surface area contributed by atoms with E-state index in [0.29, 0.717) is 23.4 Å². The van der Waals surface area contributed by atoms with Gasteiger partial charge in [-0.1, -0.05) is 12.1 Å². The lowest BCUT2D eigenvalue weighted by molar-refractivity contribution is 0.111. The third-order valence-electron chi connectivity index (χ3n) is 2.56. The summed E-state index contributed by atoms with van der Waals surface area (Å²) in [5.41, 5.74) is 1.29. The average molecular weight is 259 g/mol. The van der Waals surface area contributed by atoms with E-state index in [1.165, 1.54) is 6.07 Å². The van der Waals surface area contributed by atoms with E-state index in [2.05, 4.69) is 4.98 Å². The number of pyridine rings is 1. The van der Waals surface area contributed by atoms with Gasteiger partial charge in [-0.2, -0.15) is 0 Å². The molecule has 2 N–H and O–H groups in total. The van der Waals surface area contributed by atoms with Crippen LogP contribution in [-0.4, -0.2) is 21.5 Å². The number of aromatic hydroxyl groups is 1. The number of nitrogens with zero attached hydrogens (tertiary/aromatic N) is 1. The largest absolute Gasteiger partial charge is 0.507 e. The van der Waals surface area contributed by atoms with Crippen LogP contribution in [0.2, 0.25) is 0 Å². The van der Waals surface area contributed by atoms with Crippen LogP contribution >= 0.6 is 0 Å². The van der Waals surface area contributed by atoms with Crippen LogP contribution in [-0.2, 0) is 13.2 Å².